The van der Waals surface area contributed by atoms with E-state index in [1.165, 1.54) is 0 Å². The zero-order chi connectivity index (χ0) is 15.8. The van der Waals surface area contributed by atoms with Crippen molar-refractivity contribution >= 4 is 16.0 Å². The molecule has 1 aliphatic rings. The third-order valence-corrected chi connectivity index (χ3v) is 4.81. The third kappa shape index (κ3) is 4.85. The summed E-state index contributed by atoms with van der Waals surface area (Å²) in [5, 5.41) is 6.40. The molecule has 6 nitrogen and oxygen atoms in total. The lowest BCUT2D eigenvalue weighted by Gasteiger charge is -2.17. The molecule has 0 saturated heterocycles. The first kappa shape index (κ1) is 16.5. The van der Waals surface area contributed by atoms with E-state index in [0.29, 0.717) is 25.1 Å². The fourth-order valence-electron chi connectivity index (χ4n) is 2.17. The van der Waals surface area contributed by atoms with Crippen molar-refractivity contribution in [1.29, 1.82) is 0 Å². The van der Waals surface area contributed by atoms with Crippen molar-refractivity contribution in [2.45, 2.75) is 23.8 Å². The molecule has 0 aromatic heterocycles. The van der Waals surface area contributed by atoms with Gasteiger partial charge in [0.05, 0.1) is 4.90 Å². The van der Waals surface area contributed by atoms with Crippen LogP contribution in [0.15, 0.2) is 52.4 Å². The average molecular weight is 322 g/mol. The number of hydrogen-bond acceptors (Lipinski definition) is 3. The Morgan fingerprint density at radius 3 is 2.50 bits per heavy atom. The number of guanidine groups is 1. The normalized spacial score (nSPS) is 16.0. The van der Waals surface area contributed by atoms with Crippen LogP contribution in [-0.2, 0) is 10.0 Å². The molecule has 22 heavy (non-hydrogen) atoms. The van der Waals surface area contributed by atoms with E-state index in [2.05, 4.69) is 32.5 Å². The lowest BCUT2D eigenvalue weighted by Crippen LogP contribution is -2.45. The topological polar surface area (TPSA) is 82.6 Å². The second kappa shape index (κ2) is 7.95. The SMILES string of the molecule is CN=C(NCCNS(=O)(=O)c1ccccc1)NC1CC=CC1. The maximum absolute atomic E-state index is 12.0. The molecule has 0 bridgehead atoms. The molecule has 0 unspecified atom stereocenters. The highest BCUT2D eigenvalue weighted by molar-refractivity contribution is 7.89. The van der Waals surface area contributed by atoms with Gasteiger partial charge in [-0.25, -0.2) is 13.1 Å². The van der Waals surface area contributed by atoms with Gasteiger partial charge in [0.2, 0.25) is 10.0 Å². The van der Waals surface area contributed by atoms with Crippen LogP contribution in [0, 0.1) is 0 Å². The van der Waals surface area contributed by atoms with Crippen LogP contribution in [-0.4, -0.2) is 40.6 Å². The highest BCUT2D eigenvalue weighted by Gasteiger charge is 2.13. The molecule has 0 radical (unpaired) electrons. The molecular weight excluding hydrogens is 300 g/mol. The molecule has 0 fully saturated rings. The molecule has 2 rings (SSSR count). The summed E-state index contributed by atoms with van der Waals surface area (Å²) in [4.78, 5) is 4.41. The van der Waals surface area contributed by atoms with Gasteiger partial charge in [-0.3, -0.25) is 4.99 Å². The zero-order valence-corrected chi connectivity index (χ0v) is 13.4. The number of rotatable bonds is 6. The van der Waals surface area contributed by atoms with Gasteiger partial charge in [-0.05, 0) is 25.0 Å². The van der Waals surface area contributed by atoms with Gasteiger partial charge in [-0.1, -0.05) is 30.4 Å². The predicted molar refractivity (Wildman–Crippen MR) is 88.3 cm³/mol. The lowest BCUT2D eigenvalue weighted by atomic mass is 10.2. The Balaban J connectivity index is 1.74. The van der Waals surface area contributed by atoms with Crippen molar-refractivity contribution in [3.8, 4) is 0 Å². The molecule has 7 heteroatoms. The molecule has 1 aromatic carbocycles. The second-order valence-corrected chi connectivity index (χ2v) is 6.76. The maximum atomic E-state index is 12.0. The number of nitrogens with one attached hydrogen (secondary N) is 3. The molecule has 1 aromatic rings. The molecule has 0 spiro atoms. The fraction of sp³-hybridized carbons (Fsp3) is 0.400. The largest absolute Gasteiger partial charge is 0.355 e. The molecular formula is C15H22N4O2S. The molecule has 0 atom stereocenters. The molecule has 0 heterocycles. The smallest absolute Gasteiger partial charge is 0.240 e. The van der Waals surface area contributed by atoms with E-state index in [9.17, 15) is 8.42 Å². The molecule has 0 aliphatic heterocycles. The minimum atomic E-state index is -3.45. The lowest BCUT2D eigenvalue weighted by molar-refractivity contribution is 0.579. The summed E-state index contributed by atoms with van der Waals surface area (Å²) < 4.78 is 26.6. The van der Waals surface area contributed by atoms with Crippen molar-refractivity contribution in [3.63, 3.8) is 0 Å². The van der Waals surface area contributed by atoms with Gasteiger partial charge in [0.1, 0.15) is 0 Å². The van der Waals surface area contributed by atoms with Crippen LogP contribution >= 0.6 is 0 Å². The van der Waals surface area contributed by atoms with Crippen molar-refractivity contribution < 1.29 is 8.42 Å². The van der Waals surface area contributed by atoms with Gasteiger partial charge in [0.15, 0.2) is 5.96 Å². The molecule has 0 amide bonds. The Labute approximate surface area is 131 Å². The Morgan fingerprint density at radius 1 is 1.18 bits per heavy atom. The van der Waals surface area contributed by atoms with Crippen LogP contribution in [0.3, 0.4) is 0 Å². The van der Waals surface area contributed by atoms with Gasteiger partial charge in [-0.15, -0.1) is 0 Å². The van der Waals surface area contributed by atoms with Crippen molar-refractivity contribution in [3.05, 3.63) is 42.5 Å². The average Bonchev–Trinajstić information content (AvgIpc) is 3.04. The summed E-state index contributed by atoms with van der Waals surface area (Å²) in [7, 11) is -1.75. The highest BCUT2D eigenvalue weighted by Crippen LogP contribution is 2.08. The maximum Gasteiger partial charge on any atom is 0.240 e. The number of benzene rings is 1. The third-order valence-electron chi connectivity index (χ3n) is 3.34. The van der Waals surface area contributed by atoms with E-state index < -0.39 is 10.0 Å². The number of hydrogen-bond donors (Lipinski definition) is 3. The molecule has 0 saturated carbocycles. The van der Waals surface area contributed by atoms with Crippen LogP contribution in [0.25, 0.3) is 0 Å². The monoisotopic (exact) mass is 322 g/mol. The van der Waals surface area contributed by atoms with Crippen LogP contribution in [0.1, 0.15) is 12.8 Å². The molecule has 120 valence electrons. The minimum Gasteiger partial charge on any atom is -0.355 e. The molecule has 1 aliphatic carbocycles. The van der Waals surface area contributed by atoms with Crippen LogP contribution in [0.2, 0.25) is 0 Å². The summed E-state index contributed by atoms with van der Waals surface area (Å²) in [6, 6.07) is 8.70. The predicted octanol–water partition coefficient (Wildman–Crippen LogP) is 0.849. The summed E-state index contributed by atoms with van der Waals surface area (Å²) >= 11 is 0. The van der Waals surface area contributed by atoms with Gasteiger partial charge >= 0.3 is 0 Å². The van der Waals surface area contributed by atoms with E-state index in [0.717, 1.165) is 12.8 Å². The van der Waals surface area contributed by atoms with Crippen LogP contribution in [0.5, 0.6) is 0 Å². The first-order valence-electron chi connectivity index (χ1n) is 7.29. The van der Waals surface area contributed by atoms with E-state index >= 15 is 0 Å². The Kier molecular flexibility index (Phi) is 5.97. The number of sulfonamides is 1. The number of nitrogens with zero attached hydrogens (tertiary/aromatic N) is 1. The Morgan fingerprint density at radius 2 is 1.86 bits per heavy atom. The van der Waals surface area contributed by atoms with Crippen LogP contribution in [0.4, 0.5) is 0 Å². The fourth-order valence-corrected chi connectivity index (χ4v) is 3.23. The van der Waals surface area contributed by atoms with Gasteiger partial charge in [0, 0.05) is 26.2 Å². The van der Waals surface area contributed by atoms with Crippen molar-refractivity contribution in [1.82, 2.24) is 15.4 Å². The van der Waals surface area contributed by atoms with Crippen LogP contribution < -0.4 is 15.4 Å². The summed E-state index contributed by atoms with van der Waals surface area (Å²) in [5.41, 5.74) is 0. The highest BCUT2D eigenvalue weighted by atomic mass is 32.2. The Hall–Kier alpha value is -1.86. The van der Waals surface area contributed by atoms with Gasteiger partial charge in [-0.2, -0.15) is 0 Å². The first-order chi connectivity index (χ1) is 10.6. The van der Waals surface area contributed by atoms with Crippen molar-refractivity contribution in [2.75, 3.05) is 20.1 Å². The van der Waals surface area contributed by atoms with Crippen molar-refractivity contribution in [2.24, 2.45) is 4.99 Å². The van der Waals surface area contributed by atoms with Gasteiger partial charge < -0.3 is 10.6 Å². The van der Waals surface area contributed by atoms with E-state index in [-0.39, 0.29) is 4.90 Å². The summed E-state index contributed by atoms with van der Waals surface area (Å²) in [5.74, 6) is 0.688. The first-order valence-corrected chi connectivity index (χ1v) is 8.77. The number of aliphatic imine (C=N–C) groups is 1. The Bertz CT molecular complexity index is 618. The molecule has 3 N–H and O–H groups in total. The zero-order valence-electron chi connectivity index (χ0n) is 12.6. The quantitative estimate of drug-likeness (QED) is 0.314. The second-order valence-electron chi connectivity index (χ2n) is 4.99. The standard InChI is InChI=1S/C15H22N4O2S/c1-16-15(19-13-7-5-6-8-13)17-11-12-18-22(20,21)14-9-3-2-4-10-14/h2-6,9-10,13,18H,7-8,11-12H2,1H3,(H2,16,17,19). The minimum absolute atomic E-state index is 0.273. The van der Waals surface area contributed by atoms with E-state index in [4.69, 9.17) is 0 Å². The summed E-state index contributed by atoms with van der Waals surface area (Å²) in [6.07, 6.45) is 6.25. The van der Waals surface area contributed by atoms with E-state index in [1.54, 1.807) is 37.4 Å². The van der Waals surface area contributed by atoms with Gasteiger partial charge in [0.25, 0.3) is 0 Å². The summed E-state index contributed by atoms with van der Waals surface area (Å²) in [6.45, 7) is 0.757. The van der Waals surface area contributed by atoms with E-state index in [1.807, 2.05) is 0 Å².